The standard InChI is InChI=1S/C20H23IN2O2.2ClH/c1-15-13-23(11-10-22(15)14-19(24)25)20(16-6-3-2-4-7-16)17-8-5-9-18(21)12-17;;/h2-9,12,15,20H,10-11,13-14H2,1H3,(H,24,25);2*1H/t15-,20?;;/m1../s1. The van der Waals surface area contributed by atoms with Crippen molar-refractivity contribution in [2.45, 2.75) is 19.0 Å². The summed E-state index contributed by atoms with van der Waals surface area (Å²) in [6.07, 6.45) is 0. The minimum atomic E-state index is -0.752. The summed E-state index contributed by atoms with van der Waals surface area (Å²) in [6, 6.07) is 19.6. The van der Waals surface area contributed by atoms with Crippen LogP contribution in [-0.4, -0.2) is 53.1 Å². The normalized spacial score (nSPS) is 18.8. The predicted octanol–water partition coefficient (Wildman–Crippen LogP) is 4.31. The van der Waals surface area contributed by atoms with E-state index >= 15 is 0 Å². The Morgan fingerprint density at radius 1 is 1.11 bits per heavy atom. The Bertz CT molecular complexity index is 733. The number of carboxylic acids is 1. The van der Waals surface area contributed by atoms with Crippen molar-refractivity contribution in [1.82, 2.24) is 9.80 Å². The smallest absolute Gasteiger partial charge is 0.317 e. The Balaban J connectivity index is 0.00000182. The van der Waals surface area contributed by atoms with Crippen molar-refractivity contribution in [3.63, 3.8) is 0 Å². The number of hydrogen-bond acceptors (Lipinski definition) is 3. The van der Waals surface area contributed by atoms with Gasteiger partial charge in [0.15, 0.2) is 0 Å². The van der Waals surface area contributed by atoms with E-state index in [0.29, 0.717) is 0 Å². The van der Waals surface area contributed by atoms with Gasteiger partial charge in [-0.05, 0) is 52.8 Å². The second-order valence-corrected chi connectivity index (χ2v) is 7.82. The number of rotatable bonds is 5. The number of carboxylic acid groups (broad SMARTS) is 1. The molecule has 1 heterocycles. The number of aliphatic carboxylic acids is 1. The van der Waals surface area contributed by atoms with E-state index < -0.39 is 5.97 Å². The average Bonchev–Trinajstić information content (AvgIpc) is 2.58. The lowest BCUT2D eigenvalue weighted by atomic mass is 9.95. The van der Waals surface area contributed by atoms with Crippen LogP contribution >= 0.6 is 47.4 Å². The topological polar surface area (TPSA) is 43.8 Å². The van der Waals surface area contributed by atoms with Crippen LogP contribution in [0.1, 0.15) is 24.1 Å². The summed E-state index contributed by atoms with van der Waals surface area (Å²) in [5, 5.41) is 9.09. The lowest BCUT2D eigenvalue weighted by Crippen LogP contribution is -2.54. The van der Waals surface area contributed by atoms with E-state index in [1.165, 1.54) is 14.7 Å². The molecule has 0 radical (unpaired) electrons. The number of benzene rings is 2. The van der Waals surface area contributed by atoms with E-state index in [4.69, 9.17) is 5.11 Å². The Kier molecular flexibility index (Phi) is 10.0. The average molecular weight is 523 g/mol. The molecular weight excluding hydrogens is 498 g/mol. The zero-order valence-corrected chi connectivity index (χ0v) is 18.9. The van der Waals surface area contributed by atoms with Gasteiger partial charge in [-0.15, -0.1) is 24.8 Å². The molecule has 0 aliphatic carbocycles. The van der Waals surface area contributed by atoms with Crippen LogP contribution in [0.4, 0.5) is 0 Å². The van der Waals surface area contributed by atoms with Gasteiger partial charge >= 0.3 is 5.97 Å². The molecule has 3 rings (SSSR count). The molecule has 1 aliphatic heterocycles. The molecule has 7 heteroatoms. The highest BCUT2D eigenvalue weighted by Crippen LogP contribution is 2.31. The highest BCUT2D eigenvalue weighted by Gasteiger charge is 2.30. The maximum atomic E-state index is 11.1. The van der Waals surface area contributed by atoms with E-state index in [1.54, 1.807) is 0 Å². The molecule has 0 aromatic heterocycles. The molecule has 1 aliphatic rings. The van der Waals surface area contributed by atoms with Gasteiger partial charge in [0.2, 0.25) is 0 Å². The van der Waals surface area contributed by atoms with Crippen molar-refractivity contribution < 1.29 is 9.90 Å². The van der Waals surface area contributed by atoms with Crippen LogP contribution < -0.4 is 0 Å². The van der Waals surface area contributed by atoms with Crippen LogP contribution in [-0.2, 0) is 4.79 Å². The summed E-state index contributed by atoms with van der Waals surface area (Å²) in [5.74, 6) is -0.752. The largest absolute Gasteiger partial charge is 0.480 e. The third-order valence-electron chi connectivity index (χ3n) is 4.78. The quantitative estimate of drug-likeness (QED) is 0.594. The monoisotopic (exact) mass is 522 g/mol. The van der Waals surface area contributed by atoms with Crippen molar-refractivity contribution in [2.24, 2.45) is 0 Å². The van der Waals surface area contributed by atoms with Crippen LogP contribution in [0, 0.1) is 3.57 Å². The molecule has 2 atom stereocenters. The second kappa shape index (κ2) is 11.2. The number of nitrogens with zero attached hydrogens (tertiary/aromatic N) is 2. The number of halogens is 3. The third-order valence-corrected chi connectivity index (χ3v) is 5.45. The van der Waals surface area contributed by atoms with E-state index in [1.807, 2.05) is 6.07 Å². The molecule has 27 heavy (non-hydrogen) atoms. The highest BCUT2D eigenvalue weighted by atomic mass is 127. The predicted molar refractivity (Wildman–Crippen MR) is 122 cm³/mol. The van der Waals surface area contributed by atoms with E-state index in [2.05, 4.69) is 87.8 Å². The molecule has 1 fully saturated rings. The van der Waals surface area contributed by atoms with Crippen molar-refractivity contribution in [3.05, 3.63) is 69.3 Å². The lowest BCUT2D eigenvalue weighted by molar-refractivity contribution is -0.139. The molecular formula is C20H25Cl2IN2O2. The van der Waals surface area contributed by atoms with Gasteiger partial charge in [-0.1, -0.05) is 42.5 Å². The maximum Gasteiger partial charge on any atom is 0.317 e. The summed E-state index contributed by atoms with van der Waals surface area (Å²) in [7, 11) is 0. The van der Waals surface area contributed by atoms with Crippen LogP contribution in [0.2, 0.25) is 0 Å². The molecule has 2 aromatic rings. The first-order valence-corrected chi connectivity index (χ1v) is 9.63. The fourth-order valence-electron chi connectivity index (χ4n) is 3.59. The first-order valence-electron chi connectivity index (χ1n) is 8.55. The third kappa shape index (κ3) is 6.32. The van der Waals surface area contributed by atoms with Gasteiger partial charge in [0.25, 0.3) is 0 Å². The Morgan fingerprint density at radius 3 is 2.37 bits per heavy atom. The van der Waals surface area contributed by atoms with Crippen LogP contribution in [0.5, 0.6) is 0 Å². The minimum absolute atomic E-state index is 0. The van der Waals surface area contributed by atoms with Crippen LogP contribution in [0.25, 0.3) is 0 Å². The molecule has 1 unspecified atom stereocenters. The summed E-state index contributed by atoms with van der Waals surface area (Å²) in [5.41, 5.74) is 2.57. The number of carbonyl (C=O) groups is 1. The number of hydrogen-bond donors (Lipinski definition) is 1. The van der Waals surface area contributed by atoms with Gasteiger partial charge in [0.1, 0.15) is 0 Å². The van der Waals surface area contributed by atoms with Gasteiger partial charge in [-0.3, -0.25) is 14.6 Å². The van der Waals surface area contributed by atoms with Crippen molar-refractivity contribution in [3.8, 4) is 0 Å². The number of piperazine rings is 1. The zero-order chi connectivity index (χ0) is 17.8. The molecule has 0 amide bonds. The molecule has 2 aromatic carbocycles. The zero-order valence-electron chi connectivity index (χ0n) is 15.1. The molecule has 0 spiro atoms. The summed E-state index contributed by atoms with van der Waals surface area (Å²) >= 11 is 2.36. The summed E-state index contributed by atoms with van der Waals surface area (Å²) in [6.45, 7) is 4.74. The van der Waals surface area contributed by atoms with Crippen LogP contribution in [0.3, 0.4) is 0 Å². The fourth-order valence-corrected chi connectivity index (χ4v) is 4.16. The molecule has 1 N–H and O–H groups in total. The van der Waals surface area contributed by atoms with Gasteiger partial charge < -0.3 is 5.11 Å². The molecule has 0 saturated carbocycles. The van der Waals surface area contributed by atoms with Crippen molar-refractivity contribution >= 4 is 53.4 Å². The Labute approximate surface area is 186 Å². The van der Waals surface area contributed by atoms with E-state index in [9.17, 15) is 4.79 Å². The molecule has 1 saturated heterocycles. The first kappa shape index (κ1) is 24.2. The first-order chi connectivity index (χ1) is 12.0. The van der Waals surface area contributed by atoms with Gasteiger partial charge in [-0.2, -0.15) is 0 Å². The van der Waals surface area contributed by atoms with E-state index in [-0.39, 0.29) is 43.4 Å². The Hall–Kier alpha value is -0.860. The summed E-state index contributed by atoms with van der Waals surface area (Å²) in [4.78, 5) is 15.6. The van der Waals surface area contributed by atoms with Gasteiger partial charge in [0.05, 0.1) is 12.6 Å². The van der Waals surface area contributed by atoms with Crippen LogP contribution in [0.15, 0.2) is 54.6 Å². The molecule has 148 valence electrons. The highest BCUT2D eigenvalue weighted by molar-refractivity contribution is 14.1. The van der Waals surface area contributed by atoms with Crippen molar-refractivity contribution in [1.29, 1.82) is 0 Å². The maximum absolute atomic E-state index is 11.1. The summed E-state index contributed by atoms with van der Waals surface area (Å²) < 4.78 is 1.23. The minimum Gasteiger partial charge on any atom is -0.480 e. The van der Waals surface area contributed by atoms with Gasteiger partial charge in [-0.25, -0.2) is 0 Å². The van der Waals surface area contributed by atoms with E-state index in [0.717, 1.165) is 19.6 Å². The second-order valence-electron chi connectivity index (χ2n) is 6.58. The Morgan fingerprint density at radius 2 is 1.78 bits per heavy atom. The SMILES string of the molecule is C[C@@H]1CN(C(c2ccccc2)c2cccc(I)c2)CCN1CC(=O)O.Cl.Cl. The molecule has 4 nitrogen and oxygen atoms in total. The van der Waals surface area contributed by atoms with Gasteiger partial charge in [0, 0.05) is 29.2 Å². The fraction of sp³-hybridized carbons (Fsp3) is 0.350. The molecule has 0 bridgehead atoms. The van der Waals surface area contributed by atoms with Crippen molar-refractivity contribution in [2.75, 3.05) is 26.2 Å². The lowest BCUT2D eigenvalue weighted by Gasteiger charge is -2.43.